The summed E-state index contributed by atoms with van der Waals surface area (Å²) in [5.41, 5.74) is 3.06. The lowest BCUT2D eigenvalue weighted by Crippen LogP contribution is -2.15. The summed E-state index contributed by atoms with van der Waals surface area (Å²) in [7, 11) is 1.32. The number of carbonyl (C=O) groups is 2. The van der Waals surface area contributed by atoms with Gasteiger partial charge in [0.05, 0.1) is 25.7 Å². The second-order valence-electron chi connectivity index (χ2n) is 5.34. The number of fused-ring (bicyclic) bond motifs is 1. The van der Waals surface area contributed by atoms with E-state index in [1.54, 1.807) is 24.3 Å². The zero-order chi connectivity index (χ0) is 16.2. The van der Waals surface area contributed by atoms with Gasteiger partial charge in [0, 0.05) is 12.1 Å². The summed E-state index contributed by atoms with van der Waals surface area (Å²) >= 11 is 0. The number of amides is 1. The minimum Gasteiger partial charge on any atom is -0.493 e. The molecule has 23 heavy (non-hydrogen) atoms. The van der Waals surface area contributed by atoms with Crippen LogP contribution in [0.3, 0.4) is 0 Å². The first-order valence-electron chi connectivity index (χ1n) is 7.38. The molecule has 3 rings (SSSR count). The molecule has 0 spiro atoms. The van der Waals surface area contributed by atoms with Gasteiger partial charge in [0.1, 0.15) is 5.75 Å². The fourth-order valence-corrected chi connectivity index (χ4v) is 2.58. The van der Waals surface area contributed by atoms with Crippen LogP contribution in [-0.4, -0.2) is 25.6 Å². The fraction of sp³-hybridized carbons (Fsp3) is 0.222. The van der Waals surface area contributed by atoms with Crippen LogP contribution in [0.5, 0.6) is 5.75 Å². The van der Waals surface area contributed by atoms with Crippen molar-refractivity contribution in [2.45, 2.75) is 12.8 Å². The first-order valence-corrected chi connectivity index (χ1v) is 7.38. The zero-order valence-electron chi connectivity index (χ0n) is 12.8. The number of methoxy groups -OCH3 is 1. The van der Waals surface area contributed by atoms with Gasteiger partial charge in [-0.1, -0.05) is 18.2 Å². The minimum absolute atomic E-state index is 0.133. The molecular formula is C18H17NO4. The number of benzene rings is 2. The minimum atomic E-state index is -0.431. The lowest BCUT2D eigenvalue weighted by Gasteiger charge is -2.08. The van der Waals surface area contributed by atoms with Crippen LogP contribution in [0.1, 0.15) is 21.5 Å². The quantitative estimate of drug-likeness (QED) is 0.882. The summed E-state index contributed by atoms with van der Waals surface area (Å²) in [6.45, 7) is 0.700. The van der Waals surface area contributed by atoms with Crippen molar-refractivity contribution in [3.05, 3.63) is 59.2 Å². The molecule has 0 aromatic heterocycles. The molecule has 0 saturated heterocycles. The van der Waals surface area contributed by atoms with Crippen LogP contribution in [0.25, 0.3) is 0 Å². The molecule has 118 valence electrons. The molecule has 2 aromatic rings. The second kappa shape index (κ2) is 6.52. The van der Waals surface area contributed by atoms with Crippen LogP contribution in [0.15, 0.2) is 42.5 Å². The zero-order valence-corrected chi connectivity index (χ0v) is 12.8. The van der Waals surface area contributed by atoms with Gasteiger partial charge in [0.25, 0.3) is 0 Å². The maximum atomic E-state index is 12.2. The average molecular weight is 311 g/mol. The Morgan fingerprint density at radius 1 is 1.22 bits per heavy atom. The standard InChI is InChI=1S/C18H17NO4/c1-22-18(21)14-3-2-4-15(11-14)19-17(20)10-12-5-6-16-13(9-12)7-8-23-16/h2-6,9,11H,7-8,10H2,1H3,(H,19,20). The smallest absolute Gasteiger partial charge is 0.337 e. The average Bonchev–Trinajstić information content (AvgIpc) is 3.02. The Hall–Kier alpha value is -2.82. The summed E-state index contributed by atoms with van der Waals surface area (Å²) in [5, 5.41) is 2.80. The van der Waals surface area contributed by atoms with E-state index in [9.17, 15) is 9.59 Å². The van der Waals surface area contributed by atoms with Gasteiger partial charge >= 0.3 is 5.97 Å². The third kappa shape index (κ3) is 3.51. The molecule has 5 nitrogen and oxygen atoms in total. The molecule has 0 aliphatic carbocycles. The first-order chi connectivity index (χ1) is 11.2. The number of ether oxygens (including phenoxy) is 2. The van der Waals surface area contributed by atoms with Crippen LogP contribution >= 0.6 is 0 Å². The highest BCUT2D eigenvalue weighted by Crippen LogP contribution is 2.26. The van der Waals surface area contributed by atoms with Gasteiger partial charge in [-0.05, 0) is 35.4 Å². The van der Waals surface area contributed by atoms with E-state index in [2.05, 4.69) is 10.1 Å². The molecule has 0 unspecified atom stereocenters. The molecule has 0 saturated carbocycles. The summed E-state index contributed by atoms with van der Waals surface area (Å²) in [6.07, 6.45) is 1.15. The van der Waals surface area contributed by atoms with Crippen molar-refractivity contribution in [2.24, 2.45) is 0 Å². The SMILES string of the molecule is COC(=O)c1cccc(NC(=O)Cc2ccc3c(c2)CCO3)c1. The molecule has 0 bridgehead atoms. The van der Waals surface area contributed by atoms with E-state index in [4.69, 9.17) is 4.74 Å². The third-order valence-corrected chi connectivity index (χ3v) is 3.69. The van der Waals surface area contributed by atoms with Crippen molar-refractivity contribution in [3.63, 3.8) is 0 Å². The van der Waals surface area contributed by atoms with Crippen LogP contribution in [0.2, 0.25) is 0 Å². The van der Waals surface area contributed by atoms with Crippen LogP contribution in [0, 0.1) is 0 Å². The Morgan fingerprint density at radius 2 is 2.09 bits per heavy atom. The molecule has 5 heteroatoms. The molecule has 1 N–H and O–H groups in total. The van der Waals surface area contributed by atoms with Crippen molar-refractivity contribution in [1.29, 1.82) is 0 Å². The van der Waals surface area contributed by atoms with Crippen molar-refractivity contribution in [1.82, 2.24) is 0 Å². The number of hydrogen-bond donors (Lipinski definition) is 1. The summed E-state index contributed by atoms with van der Waals surface area (Å²) in [5.74, 6) is 0.338. The topological polar surface area (TPSA) is 64.6 Å². The van der Waals surface area contributed by atoms with Crippen LogP contribution in [0.4, 0.5) is 5.69 Å². The molecule has 1 heterocycles. The van der Waals surface area contributed by atoms with Gasteiger partial charge in [-0.2, -0.15) is 0 Å². The van der Waals surface area contributed by atoms with Gasteiger partial charge in [-0.15, -0.1) is 0 Å². The number of rotatable bonds is 4. The van der Waals surface area contributed by atoms with Crippen LogP contribution < -0.4 is 10.1 Å². The molecule has 1 amide bonds. The van der Waals surface area contributed by atoms with Gasteiger partial charge in [0.15, 0.2) is 0 Å². The van der Waals surface area contributed by atoms with Crippen molar-refractivity contribution < 1.29 is 19.1 Å². The maximum absolute atomic E-state index is 12.2. The first kappa shape index (κ1) is 15.1. The Balaban J connectivity index is 1.66. The highest BCUT2D eigenvalue weighted by Gasteiger charge is 2.14. The van der Waals surface area contributed by atoms with Crippen LogP contribution in [-0.2, 0) is 22.4 Å². The molecular weight excluding hydrogens is 294 g/mol. The van der Waals surface area contributed by atoms with E-state index >= 15 is 0 Å². The Kier molecular flexibility index (Phi) is 4.28. The maximum Gasteiger partial charge on any atom is 0.337 e. The Bertz CT molecular complexity index is 754. The predicted molar refractivity (Wildman–Crippen MR) is 85.8 cm³/mol. The van der Waals surface area contributed by atoms with E-state index in [-0.39, 0.29) is 12.3 Å². The number of esters is 1. The van der Waals surface area contributed by atoms with E-state index in [1.807, 2.05) is 18.2 Å². The van der Waals surface area contributed by atoms with Crippen molar-refractivity contribution in [3.8, 4) is 5.75 Å². The molecule has 1 aliphatic rings. The fourth-order valence-electron chi connectivity index (χ4n) is 2.58. The van der Waals surface area contributed by atoms with E-state index in [1.165, 1.54) is 7.11 Å². The largest absolute Gasteiger partial charge is 0.493 e. The summed E-state index contributed by atoms with van der Waals surface area (Å²) in [4.78, 5) is 23.7. The van der Waals surface area contributed by atoms with Gasteiger partial charge in [-0.3, -0.25) is 4.79 Å². The molecule has 0 atom stereocenters. The number of anilines is 1. The van der Waals surface area contributed by atoms with Gasteiger partial charge in [0.2, 0.25) is 5.91 Å². The Morgan fingerprint density at radius 3 is 2.91 bits per heavy atom. The highest BCUT2D eigenvalue weighted by atomic mass is 16.5. The summed E-state index contributed by atoms with van der Waals surface area (Å²) in [6, 6.07) is 12.5. The molecule has 0 radical (unpaired) electrons. The van der Waals surface area contributed by atoms with E-state index < -0.39 is 5.97 Å². The highest BCUT2D eigenvalue weighted by molar-refractivity contribution is 5.95. The number of carbonyl (C=O) groups excluding carboxylic acids is 2. The summed E-state index contributed by atoms with van der Waals surface area (Å²) < 4.78 is 10.1. The lowest BCUT2D eigenvalue weighted by atomic mass is 10.1. The van der Waals surface area contributed by atoms with Crippen molar-refractivity contribution in [2.75, 3.05) is 19.0 Å². The van der Waals surface area contributed by atoms with E-state index in [0.29, 0.717) is 17.9 Å². The normalized spacial score (nSPS) is 12.2. The Labute approximate surface area is 134 Å². The monoisotopic (exact) mass is 311 g/mol. The number of hydrogen-bond acceptors (Lipinski definition) is 4. The molecule has 0 fully saturated rings. The number of nitrogens with one attached hydrogen (secondary N) is 1. The van der Waals surface area contributed by atoms with Gasteiger partial charge in [-0.25, -0.2) is 4.79 Å². The van der Waals surface area contributed by atoms with Crippen molar-refractivity contribution >= 4 is 17.6 Å². The lowest BCUT2D eigenvalue weighted by molar-refractivity contribution is -0.115. The molecule has 1 aliphatic heterocycles. The second-order valence-corrected chi connectivity index (χ2v) is 5.34. The van der Waals surface area contributed by atoms with E-state index in [0.717, 1.165) is 23.3 Å². The third-order valence-electron chi connectivity index (χ3n) is 3.69. The molecule has 2 aromatic carbocycles. The van der Waals surface area contributed by atoms with Gasteiger partial charge < -0.3 is 14.8 Å². The predicted octanol–water partition coefficient (Wildman–Crippen LogP) is 2.59.